The highest BCUT2D eigenvalue weighted by atomic mass is 16.2. The third-order valence-corrected chi connectivity index (χ3v) is 3.93. The smallest absolute Gasteiger partial charge is 0.256 e. The second-order valence-corrected chi connectivity index (χ2v) is 5.24. The van der Waals surface area contributed by atoms with Crippen LogP contribution in [0.5, 0.6) is 0 Å². The minimum Gasteiger partial charge on any atom is -0.369 e. The molecule has 1 atom stereocenters. The first-order valence-corrected chi connectivity index (χ1v) is 6.81. The topological polar surface area (TPSA) is 79.2 Å². The summed E-state index contributed by atoms with van der Waals surface area (Å²) < 4.78 is 0. The van der Waals surface area contributed by atoms with Crippen molar-refractivity contribution < 1.29 is 9.59 Å². The van der Waals surface area contributed by atoms with Crippen LogP contribution in [0.1, 0.15) is 23.2 Å². The molecule has 1 fully saturated rings. The SMILES string of the molecule is NC(=O)C1CCCN(C(=O)c2c[nH]c3ccccc23)C1. The Morgan fingerprint density at radius 3 is 2.90 bits per heavy atom. The Kier molecular flexibility index (Phi) is 3.18. The number of carbonyl (C=O) groups excluding carboxylic acids is 2. The van der Waals surface area contributed by atoms with Crippen LogP contribution in [-0.4, -0.2) is 34.8 Å². The second-order valence-electron chi connectivity index (χ2n) is 5.24. The van der Waals surface area contributed by atoms with Gasteiger partial charge in [-0.1, -0.05) is 18.2 Å². The molecule has 1 aromatic heterocycles. The molecule has 1 aromatic carbocycles. The Hall–Kier alpha value is -2.30. The van der Waals surface area contributed by atoms with Crippen LogP contribution in [0, 0.1) is 5.92 Å². The number of fused-ring (bicyclic) bond motifs is 1. The van der Waals surface area contributed by atoms with E-state index in [2.05, 4.69) is 4.98 Å². The zero-order valence-electron chi connectivity index (χ0n) is 11.1. The Balaban J connectivity index is 1.87. The van der Waals surface area contributed by atoms with Gasteiger partial charge in [0, 0.05) is 30.2 Å². The molecule has 2 aromatic rings. The third-order valence-electron chi connectivity index (χ3n) is 3.93. The van der Waals surface area contributed by atoms with Crippen molar-refractivity contribution in [2.24, 2.45) is 11.7 Å². The fraction of sp³-hybridized carbons (Fsp3) is 0.333. The maximum absolute atomic E-state index is 12.6. The molecule has 5 heteroatoms. The number of piperidine rings is 1. The lowest BCUT2D eigenvalue weighted by atomic mass is 9.97. The number of nitrogens with zero attached hydrogens (tertiary/aromatic N) is 1. The third kappa shape index (κ3) is 2.15. The van der Waals surface area contributed by atoms with Crippen LogP contribution in [-0.2, 0) is 4.79 Å². The predicted octanol–water partition coefficient (Wildman–Crippen LogP) is 1.51. The van der Waals surface area contributed by atoms with Gasteiger partial charge in [0.05, 0.1) is 11.5 Å². The maximum atomic E-state index is 12.6. The van der Waals surface area contributed by atoms with E-state index in [0.717, 1.165) is 23.7 Å². The molecule has 1 saturated heterocycles. The molecule has 5 nitrogen and oxygen atoms in total. The molecule has 0 aliphatic carbocycles. The predicted molar refractivity (Wildman–Crippen MR) is 76.1 cm³/mol. The second kappa shape index (κ2) is 5.00. The summed E-state index contributed by atoms with van der Waals surface area (Å²) in [5, 5.41) is 0.915. The highest BCUT2D eigenvalue weighted by Gasteiger charge is 2.28. The number of amides is 2. The van der Waals surface area contributed by atoms with Gasteiger partial charge in [-0.15, -0.1) is 0 Å². The van der Waals surface area contributed by atoms with Gasteiger partial charge in [0.2, 0.25) is 5.91 Å². The van der Waals surface area contributed by atoms with Crippen molar-refractivity contribution in [2.45, 2.75) is 12.8 Å². The first kappa shape index (κ1) is 12.7. The number of aromatic nitrogens is 1. The zero-order chi connectivity index (χ0) is 14.1. The van der Waals surface area contributed by atoms with Gasteiger partial charge in [-0.2, -0.15) is 0 Å². The highest BCUT2D eigenvalue weighted by molar-refractivity contribution is 6.06. The van der Waals surface area contributed by atoms with Crippen molar-refractivity contribution in [1.29, 1.82) is 0 Å². The molecule has 1 aliphatic heterocycles. The van der Waals surface area contributed by atoms with Gasteiger partial charge >= 0.3 is 0 Å². The largest absolute Gasteiger partial charge is 0.369 e. The van der Waals surface area contributed by atoms with Crippen molar-refractivity contribution in [2.75, 3.05) is 13.1 Å². The average molecular weight is 271 g/mol. The Labute approximate surface area is 116 Å². The number of rotatable bonds is 2. The molecular formula is C15H17N3O2. The van der Waals surface area contributed by atoms with Crippen molar-refractivity contribution in [1.82, 2.24) is 9.88 Å². The lowest BCUT2D eigenvalue weighted by molar-refractivity contribution is -0.123. The van der Waals surface area contributed by atoms with E-state index in [1.807, 2.05) is 24.3 Å². The molecule has 20 heavy (non-hydrogen) atoms. The molecule has 104 valence electrons. The number of nitrogens with two attached hydrogens (primary N) is 1. The molecular weight excluding hydrogens is 254 g/mol. The molecule has 0 spiro atoms. The summed E-state index contributed by atoms with van der Waals surface area (Å²) in [6.45, 7) is 1.11. The molecule has 1 unspecified atom stereocenters. The van der Waals surface area contributed by atoms with E-state index in [0.29, 0.717) is 18.7 Å². The molecule has 3 N–H and O–H groups in total. The number of para-hydroxylation sites is 1. The van der Waals surface area contributed by atoms with Gasteiger partial charge in [0.15, 0.2) is 0 Å². The number of hydrogen-bond donors (Lipinski definition) is 2. The molecule has 0 bridgehead atoms. The summed E-state index contributed by atoms with van der Waals surface area (Å²) >= 11 is 0. The van der Waals surface area contributed by atoms with Crippen LogP contribution in [0.2, 0.25) is 0 Å². The summed E-state index contributed by atoms with van der Waals surface area (Å²) in [4.78, 5) is 28.7. The summed E-state index contributed by atoms with van der Waals surface area (Å²) in [5.41, 5.74) is 6.96. The van der Waals surface area contributed by atoms with E-state index >= 15 is 0 Å². The first-order valence-electron chi connectivity index (χ1n) is 6.81. The lowest BCUT2D eigenvalue weighted by Crippen LogP contribution is -2.44. The van der Waals surface area contributed by atoms with Gasteiger partial charge in [-0.25, -0.2) is 0 Å². The summed E-state index contributed by atoms with van der Waals surface area (Å²) in [5.74, 6) is -0.576. The van der Waals surface area contributed by atoms with Gasteiger partial charge < -0.3 is 15.6 Å². The van der Waals surface area contributed by atoms with Crippen molar-refractivity contribution >= 4 is 22.7 Å². The standard InChI is InChI=1S/C15H17N3O2/c16-14(19)10-4-3-7-18(9-10)15(20)12-8-17-13-6-2-1-5-11(12)13/h1-2,5-6,8,10,17H,3-4,7,9H2,(H2,16,19). The Morgan fingerprint density at radius 2 is 2.10 bits per heavy atom. The lowest BCUT2D eigenvalue weighted by Gasteiger charge is -2.31. The van der Waals surface area contributed by atoms with Gasteiger partial charge in [-0.05, 0) is 18.9 Å². The minimum atomic E-state index is -0.318. The van der Waals surface area contributed by atoms with Gasteiger partial charge in [-0.3, -0.25) is 9.59 Å². The monoisotopic (exact) mass is 271 g/mol. The molecule has 2 amide bonds. The quantitative estimate of drug-likeness (QED) is 0.868. The van der Waals surface area contributed by atoms with E-state index in [-0.39, 0.29) is 17.7 Å². The van der Waals surface area contributed by atoms with E-state index < -0.39 is 0 Å². The van der Waals surface area contributed by atoms with Gasteiger partial charge in [0.1, 0.15) is 0 Å². The van der Waals surface area contributed by atoms with E-state index in [9.17, 15) is 9.59 Å². The maximum Gasteiger partial charge on any atom is 0.256 e. The van der Waals surface area contributed by atoms with Crippen molar-refractivity contribution in [3.63, 3.8) is 0 Å². The molecule has 1 aliphatic rings. The number of hydrogen-bond acceptors (Lipinski definition) is 2. The summed E-state index contributed by atoms with van der Waals surface area (Å²) in [6.07, 6.45) is 3.33. The van der Waals surface area contributed by atoms with E-state index in [1.54, 1.807) is 11.1 Å². The number of primary amides is 1. The van der Waals surface area contributed by atoms with Crippen molar-refractivity contribution in [3.8, 4) is 0 Å². The number of aromatic amines is 1. The van der Waals surface area contributed by atoms with Crippen molar-refractivity contribution in [3.05, 3.63) is 36.0 Å². The van der Waals surface area contributed by atoms with Crippen LogP contribution in [0.3, 0.4) is 0 Å². The first-order chi connectivity index (χ1) is 9.66. The van der Waals surface area contributed by atoms with Crippen LogP contribution in [0.25, 0.3) is 10.9 Å². The minimum absolute atomic E-state index is 0.0339. The number of benzene rings is 1. The highest BCUT2D eigenvalue weighted by Crippen LogP contribution is 2.23. The van der Waals surface area contributed by atoms with Crippen LogP contribution in [0.4, 0.5) is 0 Å². The number of carbonyl (C=O) groups is 2. The normalized spacial score (nSPS) is 19.2. The fourth-order valence-corrected chi connectivity index (χ4v) is 2.81. The molecule has 0 radical (unpaired) electrons. The van der Waals surface area contributed by atoms with E-state index in [1.165, 1.54) is 0 Å². The number of nitrogens with one attached hydrogen (secondary N) is 1. The zero-order valence-corrected chi connectivity index (χ0v) is 11.1. The van der Waals surface area contributed by atoms with E-state index in [4.69, 9.17) is 5.73 Å². The fourth-order valence-electron chi connectivity index (χ4n) is 2.81. The molecule has 2 heterocycles. The number of likely N-dealkylation sites (tertiary alicyclic amines) is 1. The van der Waals surface area contributed by atoms with Gasteiger partial charge in [0.25, 0.3) is 5.91 Å². The molecule has 0 saturated carbocycles. The summed E-state index contributed by atoms with van der Waals surface area (Å²) in [6, 6.07) is 7.70. The Morgan fingerprint density at radius 1 is 1.30 bits per heavy atom. The Bertz CT molecular complexity index is 662. The average Bonchev–Trinajstić information content (AvgIpc) is 2.90. The molecule has 3 rings (SSSR count). The number of H-pyrrole nitrogens is 1. The summed E-state index contributed by atoms with van der Waals surface area (Å²) in [7, 11) is 0. The van der Waals surface area contributed by atoms with Crippen LogP contribution < -0.4 is 5.73 Å². The van der Waals surface area contributed by atoms with Crippen LogP contribution in [0.15, 0.2) is 30.5 Å². The van der Waals surface area contributed by atoms with Crippen LogP contribution >= 0.6 is 0 Å².